The Kier molecular flexibility index (Phi) is 6.83. The highest BCUT2D eigenvalue weighted by Gasteiger charge is 2.49. The topological polar surface area (TPSA) is 87.7 Å². The van der Waals surface area contributed by atoms with Gasteiger partial charge in [0.1, 0.15) is 24.4 Å². The first-order chi connectivity index (χ1) is 13.0. The number of carbonyl (C=O) groups is 3. The van der Waals surface area contributed by atoms with Gasteiger partial charge in [-0.3, -0.25) is 14.5 Å². The third kappa shape index (κ3) is 4.79. The van der Waals surface area contributed by atoms with Crippen molar-refractivity contribution in [1.29, 1.82) is 0 Å². The molecule has 0 bridgehead atoms. The van der Waals surface area contributed by atoms with Gasteiger partial charge in [0.2, 0.25) is 5.91 Å². The number of rotatable bonds is 9. The molecule has 1 saturated heterocycles. The standard InChI is InChI=1S/C20H25N3O4/c1-4-13-27-16-9-7-15(8-10-16)11-12-21-17(24)14-23-18(25)20(5-2,6-3)22-19(23)26/h1,7-10H,5-6,11-14H2,2-3H3,(H,21,24)(H,22,26). The van der Waals surface area contributed by atoms with Crippen molar-refractivity contribution >= 4 is 17.8 Å². The van der Waals surface area contributed by atoms with Gasteiger partial charge in [-0.1, -0.05) is 31.9 Å². The maximum Gasteiger partial charge on any atom is 0.325 e. The summed E-state index contributed by atoms with van der Waals surface area (Å²) in [6.45, 7) is 4.03. The fraction of sp³-hybridized carbons (Fsp3) is 0.450. The molecule has 0 radical (unpaired) electrons. The molecule has 7 nitrogen and oxygen atoms in total. The van der Waals surface area contributed by atoms with Gasteiger partial charge in [-0.05, 0) is 37.0 Å². The van der Waals surface area contributed by atoms with Gasteiger partial charge in [0.25, 0.3) is 5.91 Å². The average molecular weight is 371 g/mol. The molecule has 1 aliphatic rings. The van der Waals surface area contributed by atoms with Crippen molar-refractivity contribution in [3.63, 3.8) is 0 Å². The number of urea groups is 1. The maximum atomic E-state index is 12.5. The summed E-state index contributed by atoms with van der Waals surface area (Å²) in [6, 6.07) is 6.91. The van der Waals surface area contributed by atoms with Gasteiger partial charge in [-0.25, -0.2) is 4.79 Å². The highest BCUT2D eigenvalue weighted by atomic mass is 16.5. The van der Waals surface area contributed by atoms with E-state index in [-0.39, 0.29) is 25.0 Å². The third-order valence-electron chi connectivity index (χ3n) is 4.74. The SMILES string of the molecule is C#CCOc1ccc(CCNC(=O)CN2C(=O)NC(CC)(CC)C2=O)cc1. The number of hydrogen-bond donors (Lipinski definition) is 2. The largest absolute Gasteiger partial charge is 0.481 e. The van der Waals surface area contributed by atoms with Gasteiger partial charge >= 0.3 is 6.03 Å². The van der Waals surface area contributed by atoms with Crippen molar-refractivity contribution in [2.24, 2.45) is 0 Å². The summed E-state index contributed by atoms with van der Waals surface area (Å²) in [7, 11) is 0. The van der Waals surface area contributed by atoms with E-state index in [1.165, 1.54) is 0 Å². The van der Waals surface area contributed by atoms with Crippen molar-refractivity contribution in [1.82, 2.24) is 15.5 Å². The zero-order chi connectivity index (χ0) is 19.9. The van der Waals surface area contributed by atoms with E-state index in [4.69, 9.17) is 11.2 Å². The van der Waals surface area contributed by atoms with Crippen LogP contribution in [0.5, 0.6) is 5.75 Å². The van der Waals surface area contributed by atoms with E-state index >= 15 is 0 Å². The van der Waals surface area contributed by atoms with Crippen LogP contribution in [0.4, 0.5) is 4.79 Å². The van der Waals surface area contributed by atoms with Crippen LogP contribution < -0.4 is 15.4 Å². The number of ether oxygens (including phenoxy) is 1. The fourth-order valence-corrected chi connectivity index (χ4v) is 2.97. The molecule has 1 heterocycles. The summed E-state index contributed by atoms with van der Waals surface area (Å²) >= 11 is 0. The first-order valence-electron chi connectivity index (χ1n) is 9.01. The first-order valence-corrected chi connectivity index (χ1v) is 9.01. The minimum Gasteiger partial charge on any atom is -0.481 e. The van der Waals surface area contributed by atoms with Crippen LogP contribution in [0, 0.1) is 12.3 Å². The van der Waals surface area contributed by atoms with Crippen molar-refractivity contribution < 1.29 is 19.1 Å². The van der Waals surface area contributed by atoms with Gasteiger partial charge in [0, 0.05) is 6.54 Å². The second kappa shape index (κ2) is 9.08. The summed E-state index contributed by atoms with van der Waals surface area (Å²) in [5, 5.41) is 5.45. The lowest BCUT2D eigenvalue weighted by atomic mass is 9.93. The number of carbonyl (C=O) groups excluding carboxylic acids is 3. The molecule has 0 unspecified atom stereocenters. The monoisotopic (exact) mass is 371 g/mol. The van der Waals surface area contributed by atoms with E-state index in [0.29, 0.717) is 31.6 Å². The summed E-state index contributed by atoms with van der Waals surface area (Å²) in [5.41, 5.74) is 0.134. The van der Waals surface area contributed by atoms with E-state index < -0.39 is 11.6 Å². The van der Waals surface area contributed by atoms with Crippen LogP contribution in [0.2, 0.25) is 0 Å². The van der Waals surface area contributed by atoms with Crippen molar-refractivity contribution in [2.75, 3.05) is 19.7 Å². The molecule has 7 heteroatoms. The number of imide groups is 1. The Morgan fingerprint density at radius 2 is 1.93 bits per heavy atom. The van der Waals surface area contributed by atoms with Gasteiger partial charge in [0.15, 0.2) is 0 Å². The molecule has 2 rings (SSSR count). The van der Waals surface area contributed by atoms with Gasteiger partial charge < -0.3 is 15.4 Å². The second-order valence-corrected chi connectivity index (χ2v) is 6.35. The van der Waals surface area contributed by atoms with Crippen molar-refractivity contribution in [3.8, 4) is 18.1 Å². The predicted octanol–water partition coefficient (Wildman–Crippen LogP) is 1.47. The van der Waals surface area contributed by atoms with Crippen LogP contribution in [-0.4, -0.2) is 48.0 Å². The maximum absolute atomic E-state index is 12.5. The Morgan fingerprint density at radius 3 is 2.48 bits per heavy atom. The lowest BCUT2D eigenvalue weighted by Crippen LogP contribution is -2.46. The van der Waals surface area contributed by atoms with Gasteiger partial charge in [-0.2, -0.15) is 0 Å². The van der Waals surface area contributed by atoms with Crippen LogP contribution in [0.3, 0.4) is 0 Å². The highest BCUT2D eigenvalue weighted by Crippen LogP contribution is 2.24. The van der Waals surface area contributed by atoms with E-state index in [9.17, 15) is 14.4 Å². The molecule has 0 spiro atoms. The van der Waals surface area contributed by atoms with Crippen molar-refractivity contribution in [3.05, 3.63) is 29.8 Å². The zero-order valence-electron chi connectivity index (χ0n) is 15.7. The predicted molar refractivity (Wildman–Crippen MR) is 101 cm³/mol. The Labute approximate surface area is 159 Å². The number of nitrogens with one attached hydrogen (secondary N) is 2. The molecule has 144 valence electrons. The Hall–Kier alpha value is -3.01. The number of terminal acetylenes is 1. The minimum atomic E-state index is -0.888. The van der Waals surface area contributed by atoms with E-state index in [1.807, 2.05) is 38.1 Å². The minimum absolute atomic E-state index is 0.218. The number of hydrogen-bond acceptors (Lipinski definition) is 4. The summed E-state index contributed by atoms with van der Waals surface area (Å²) in [5.74, 6) is 2.39. The van der Waals surface area contributed by atoms with E-state index in [2.05, 4.69) is 16.6 Å². The molecule has 1 aromatic carbocycles. The third-order valence-corrected chi connectivity index (χ3v) is 4.74. The van der Waals surface area contributed by atoms with Crippen LogP contribution in [-0.2, 0) is 16.0 Å². The molecule has 0 aromatic heterocycles. The van der Waals surface area contributed by atoms with E-state index in [0.717, 1.165) is 10.5 Å². The van der Waals surface area contributed by atoms with Crippen LogP contribution in [0.15, 0.2) is 24.3 Å². The second-order valence-electron chi connectivity index (χ2n) is 6.35. The lowest BCUT2D eigenvalue weighted by molar-refractivity contribution is -0.135. The van der Waals surface area contributed by atoms with Crippen LogP contribution >= 0.6 is 0 Å². The zero-order valence-corrected chi connectivity index (χ0v) is 15.7. The summed E-state index contributed by atoms with van der Waals surface area (Å²) in [4.78, 5) is 37.6. The number of benzene rings is 1. The van der Waals surface area contributed by atoms with Gasteiger partial charge in [0.05, 0.1) is 0 Å². The molecule has 1 aromatic rings. The molecular weight excluding hydrogens is 346 g/mol. The summed E-state index contributed by atoms with van der Waals surface area (Å²) < 4.78 is 5.30. The molecule has 1 fully saturated rings. The molecule has 0 atom stereocenters. The molecule has 2 N–H and O–H groups in total. The molecule has 4 amide bonds. The quantitative estimate of drug-likeness (QED) is 0.508. The first kappa shape index (κ1) is 20.3. The van der Waals surface area contributed by atoms with E-state index in [1.54, 1.807) is 0 Å². The Morgan fingerprint density at radius 1 is 1.26 bits per heavy atom. The normalized spacial score (nSPS) is 15.2. The number of amides is 4. The average Bonchev–Trinajstić information content (AvgIpc) is 2.92. The molecular formula is C20H25N3O4. The Bertz CT molecular complexity index is 733. The smallest absolute Gasteiger partial charge is 0.325 e. The highest BCUT2D eigenvalue weighted by molar-refractivity contribution is 6.08. The fourth-order valence-electron chi connectivity index (χ4n) is 2.97. The molecule has 1 aliphatic heterocycles. The van der Waals surface area contributed by atoms with Gasteiger partial charge in [-0.15, -0.1) is 6.42 Å². The Balaban J connectivity index is 1.80. The van der Waals surface area contributed by atoms with Crippen LogP contribution in [0.1, 0.15) is 32.3 Å². The molecule has 0 saturated carbocycles. The lowest BCUT2D eigenvalue weighted by Gasteiger charge is -2.23. The molecule has 0 aliphatic carbocycles. The summed E-state index contributed by atoms with van der Waals surface area (Å²) in [6.07, 6.45) is 6.75. The molecule has 27 heavy (non-hydrogen) atoms. The van der Waals surface area contributed by atoms with Crippen molar-refractivity contribution in [2.45, 2.75) is 38.6 Å². The number of nitrogens with zero attached hydrogens (tertiary/aromatic N) is 1. The van der Waals surface area contributed by atoms with Crippen LogP contribution in [0.25, 0.3) is 0 Å².